The van der Waals surface area contributed by atoms with Gasteiger partial charge in [-0.15, -0.1) is 0 Å². The number of benzodiazepines with no additional fused rings is 1. The van der Waals surface area contributed by atoms with Gasteiger partial charge in [0.1, 0.15) is 0 Å². The summed E-state index contributed by atoms with van der Waals surface area (Å²) >= 11 is 0. The summed E-state index contributed by atoms with van der Waals surface area (Å²) in [6.45, 7) is 4.99. The van der Waals surface area contributed by atoms with Gasteiger partial charge in [0.25, 0.3) is 5.69 Å². The van der Waals surface area contributed by atoms with E-state index in [1.807, 2.05) is 13.8 Å². The summed E-state index contributed by atoms with van der Waals surface area (Å²) in [5.74, 6) is 0.300. The average molecular weight is 275 g/mol. The van der Waals surface area contributed by atoms with Crippen LogP contribution < -0.4 is 4.90 Å². The highest BCUT2D eigenvalue weighted by Gasteiger charge is 2.22. The lowest BCUT2D eigenvalue weighted by molar-refractivity contribution is -0.384. The zero-order chi connectivity index (χ0) is 14.7. The first-order chi connectivity index (χ1) is 9.49. The van der Waals surface area contributed by atoms with E-state index in [0.29, 0.717) is 30.8 Å². The lowest BCUT2D eigenvalue weighted by Gasteiger charge is -2.23. The second-order valence-corrected chi connectivity index (χ2v) is 5.18. The fourth-order valence-electron chi connectivity index (χ4n) is 2.16. The molecule has 6 nitrogen and oxygen atoms in total. The maximum absolute atomic E-state index is 12.3. The Balaban J connectivity index is 2.37. The number of hydrogen-bond donors (Lipinski definition) is 0. The van der Waals surface area contributed by atoms with Crippen molar-refractivity contribution in [2.45, 2.75) is 20.3 Å². The van der Waals surface area contributed by atoms with Gasteiger partial charge in [0.05, 0.1) is 17.2 Å². The van der Waals surface area contributed by atoms with Crippen LogP contribution >= 0.6 is 0 Å². The molecule has 0 aromatic heterocycles. The molecule has 0 saturated heterocycles. The minimum absolute atomic E-state index is 0.00774. The molecule has 6 heteroatoms. The van der Waals surface area contributed by atoms with Crippen molar-refractivity contribution in [3.05, 3.63) is 33.9 Å². The van der Waals surface area contributed by atoms with E-state index in [0.717, 1.165) is 0 Å². The minimum atomic E-state index is -0.445. The molecule has 0 saturated carbocycles. The van der Waals surface area contributed by atoms with E-state index in [4.69, 9.17) is 0 Å². The van der Waals surface area contributed by atoms with Crippen molar-refractivity contribution >= 4 is 23.5 Å². The number of carbonyl (C=O) groups excluding carboxylic acids is 1. The molecule has 1 aliphatic heterocycles. The third-order valence-electron chi connectivity index (χ3n) is 3.08. The second-order valence-electron chi connectivity index (χ2n) is 5.18. The summed E-state index contributed by atoms with van der Waals surface area (Å²) in [6.07, 6.45) is 2.06. The molecule has 0 atom stereocenters. The summed E-state index contributed by atoms with van der Waals surface area (Å²) in [7, 11) is 0. The van der Waals surface area contributed by atoms with Crippen LogP contribution in [0.1, 0.15) is 25.8 Å². The van der Waals surface area contributed by atoms with Crippen LogP contribution in [0, 0.1) is 16.0 Å². The van der Waals surface area contributed by atoms with Gasteiger partial charge in [-0.05, 0) is 12.0 Å². The number of anilines is 1. The number of rotatable bonds is 3. The summed E-state index contributed by atoms with van der Waals surface area (Å²) in [4.78, 5) is 28.5. The first kappa shape index (κ1) is 14.2. The van der Waals surface area contributed by atoms with E-state index >= 15 is 0 Å². The van der Waals surface area contributed by atoms with Crippen molar-refractivity contribution in [3.63, 3.8) is 0 Å². The maximum Gasteiger partial charge on any atom is 0.270 e. The molecule has 106 valence electrons. The molecular formula is C14H17N3O3. The van der Waals surface area contributed by atoms with Crippen LogP contribution in [-0.2, 0) is 4.79 Å². The molecule has 1 heterocycles. The van der Waals surface area contributed by atoms with Gasteiger partial charge in [0.2, 0.25) is 5.91 Å². The molecule has 0 N–H and O–H groups in total. The number of non-ortho nitro benzene ring substituents is 1. The molecule has 0 spiro atoms. The highest BCUT2D eigenvalue weighted by molar-refractivity contribution is 6.00. The van der Waals surface area contributed by atoms with E-state index in [2.05, 4.69) is 4.99 Å². The standard InChI is InChI=1S/C14H17N3O3/c1-10(2)7-14(18)16-6-5-15-9-11-8-12(17(19)20)3-4-13(11)16/h3-4,8-10H,5-7H2,1-2H3. The summed E-state index contributed by atoms with van der Waals surface area (Å²) in [6, 6.07) is 4.51. The molecule has 0 fully saturated rings. The molecule has 0 bridgehead atoms. The Morgan fingerprint density at radius 1 is 1.50 bits per heavy atom. The zero-order valence-corrected chi connectivity index (χ0v) is 11.6. The molecule has 0 radical (unpaired) electrons. The Kier molecular flexibility index (Phi) is 4.12. The number of aliphatic imine (C=N–C) groups is 1. The SMILES string of the molecule is CC(C)CC(=O)N1CCN=Cc2cc([N+](=O)[O-])ccc21. The molecular weight excluding hydrogens is 258 g/mol. The lowest BCUT2D eigenvalue weighted by Crippen LogP contribution is -2.33. The number of fused-ring (bicyclic) bond motifs is 1. The minimum Gasteiger partial charge on any atom is -0.310 e. The summed E-state index contributed by atoms with van der Waals surface area (Å²) in [5, 5.41) is 10.8. The van der Waals surface area contributed by atoms with Crippen LogP contribution in [-0.4, -0.2) is 30.1 Å². The number of nitro groups is 1. The molecule has 1 amide bonds. The first-order valence-electron chi connectivity index (χ1n) is 6.57. The van der Waals surface area contributed by atoms with E-state index < -0.39 is 4.92 Å². The number of nitro benzene ring substituents is 1. The van der Waals surface area contributed by atoms with Crippen LogP contribution in [0.2, 0.25) is 0 Å². The lowest BCUT2D eigenvalue weighted by atomic mass is 10.1. The van der Waals surface area contributed by atoms with Gasteiger partial charge in [-0.1, -0.05) is 13.8 Å². The topological polar surface area (TPSA) is 75.8 Å². The Labute approximate surface area is 117 Å². The molecule has 1 aromatic rings. The molecule has 2 rings (SSSR count). The number of amides is 1. The fourth-order valence-corrected chi connectivity index (χ4v) is 2.16. The zero-order valence-electron chi connectivity index (χ0n) is 11.6. The van der Waals surface area contributed by atoms with E-state index in [1.54, 1.807) is 17.2 Å². The fraction of sp³-hybridized carbons (Fsp3) is 0.429. The molecule has 1 aliphatic rings. The highest BCUT2D eigenvalue weighted by Crippen LogP contribution is 2.26. The third-order valence-corrected chi connectivity index (χ3v) is 3.08. The predicted octanol–water partition coefficient (Wildman–Crippen LogP) is 2.41. The van der Waals surface area contributed by atoms with Gasteiger partial charge >= 0.3 is 0 Å². The van der Waals surface area contributed by atoms with Crippen molar-refractivity contribution in [2.24, 2.45) is 10.9 Å². The van der Waals surface area contributed by atoms with Crippen molar-refractivity contribution < 1.29 is 9.72 Å². The van der Waals surface area contributed by atoms with Crippen LogP contribution in [0.4, 0.5) is 11.4 Å². The van der Waals surface area contributed by atoms with Gasteiger partial charge in [-0.25, -0.2) is 0 Å². The van der Waals surface area contributed by atoms with E-state index in [9.17, 15) is 14.9 Å². The molecule has 0 unspecified atom stereocenters. The molecule has 20 heavy (non-hydrogen) atoms. The van der Waals surface area contributed by atoms with Gasteiger partial charge in [-0.3, -0.25) is 19.9 Å². The largest absolute Gasteiger partial charge is 0.310 e. The van der Waals surface area contributed by atoms with Crippen molar-refractivity contribution in [1.82, 2.24) is 0 Å². The smallest absolute Gasteiger partial charge is 0.270 e. The van der Waals surface area contributed by atoms with E-state index in [-0.39, 0.29) is 17.5 Å². The average Bonchev–Trinajstić information content (AvgIpc) is 2.59. The Morgan fingerprint density at radius 3 is 2.90 bits per heavy atom. The third kappa shape index (κ3) is 3.01. The van der Waals surface area contributed by atoms with Crippen molar-refractivity contribution in [2.75, 3.05) is 18.0 Å². The van der Waals surface area contributed by atoms with Crippen LogP contribution in [0.5, 0.6) is 0 Å². The van der Waals surface area contributed by atoms with E-state index in [1.165, 1.54) is 12.1 Å². The number of hydrogen-bond acceptors (Lipinski definition) is 4. The van der Waals surface area contributed by atoms with Crippen molar-refractivity contribution in [3.8, 4) is 0 Å². The van der Waals surface area contributed by atoms with Gasteiger partial charge in [-0.2, -0.15) is 0 Å². The monoisotopic (exact) mass is 275 g/mol. The normalized spacial score (nSPS) is 14.1. The second kappa shape index (κ2) is 5.81. The van der Waals surface area contributed by atoms with Crippen molar-refractivity contribution in [1.29, 1.82) is 0 Å². The van der Waals surface area contributed by atoms with Crippen LogP contribution in [0.25, 0.3) is 0 Å². The number of carbonyl (C=O) groups is 1. The maximum atomic E-state index is 12.3. The number of nitrogens with zero attached hydrogens (tertiary/aromatic N) is 3. The first-order valence-corrected chi connectivity index (χ1v) is 6.57. The predicted molar refractivity (Wildman–Crippen MR) is 77.4 cm³/mol. The molecule has 1 aromatic carbocycles. The van der Waals surface area contributed by atoms with Crippen LogP contribution in [0.15, 0.2) is 23.2 Å². The Morgan fingerprint density at radius 2 is 2.25 bits per heavy atom. The van der Waals surface area contributed by atoms with Gasteiger partial charge in [0, 0.05) is 36.9 Å². The summed E-state index contributed by atoms with van der Waals surface area (Å²) < 4.78 is 0. The summed E-state index contributed by atoms with van der Waals surface area (Å²) in [5.41, 5.74) is 1.32. The van der Waals surface area contributed by atoms with Gasteiger partial charge in [0.15, 0.2) is 0 Å². The Hall–Kier alpha value is -2.24. The highest BCUT2D eigenvalue weighted by atomic mass is 16.6. The Bertz CT molecular complexity index is 567. The number of benzene rings is 1. The molecule has 0 aliphatic carbocycles. The quantitative estimate of drug-likeness (QED) is 0.628. The van der Waals surface area contributed by atoms with Gasteiger partial charge < -0.3 is 4.90 Å². The van der Waals surface area contributed by atoms with Crippen LogP contribution in [0.3, 0.4) is 0 Å².